The van der Waals surface area contributed by atoms with E-state index in [0.29, 0.717) is 27.6 Å². The minimum atomic E-state index is -1.07. The highest BCUT2D eigenvalue weighted by Gasteiger charge is 2.28. The average Bonchev–Trinajstić information content (AvgIpc) is 3.44. The first kappa shape index (κ1) is 20.5. The number of hydrogen-bond donors (Lipinski definition) is 4. The molecule has 2 aliphatic heterocycles. The normalized spacial score (nSPS) is 17.3. The first-order chi connectivity index (χ1) is 15.0. The van der Waals surface area contributed by atoms with E-state index < -0.39 is 24.1 Å². The lowest BCUT2D eigenvalue weighted by Crippen LogP contribution is -2.46. The molecule has 0 saturated heterocycles. The molecule has 31 heavy (non-hydrogen) atoms. The van der Waals surface area contributed by atoms with Crippen LogP contribution in [-0.4, -0.2) is 35.7 Å². The van der Waals surface area contributed by atoms with Gasteiger partial charge in [-0.05, 0) is 47.5 Å². The Balaban J connectivity index is 1.48. The van der Waals surface area contributed by atoms with Crippen LogP contribution in [0.3, 0.4) is 0 Å². The number of thiophene rings is 1. The molecule has 0 saturated carbocycles. The highest BCUT2D eigenvalue weighted by Crippen LogP contribution is 2.34. The number of carboxylic acids is 1. The van der Waals surface area contributed by atoms with Gasteiger partial charge < -0.3 is 30.5 Å². The number of Topliss-reactive ketones (excluding diaryl/α,β-unsaturated/α-hetero) is 1. The molecule has 1 unspecified atom stereocenters. The maximum atomic E-state index is 12.7. The van der Waals surface area contributed by atoms with Gasteiger partial charge in [-0.25, -0.2) is 4.79 Å². The number of rotatable bonds is 7. The molecule has 3 heterocycles. The summed E-state index contributed by atoms with van der Waals surface area (Å²) in [6.07, 6.45) is 4.58. The summed E-state index contributed by atoms with van der Waals surface area (Å²) in [7, 11) is 0. The number of nitrogens with one attached hydrogen (secondary N) is 3. The van der Waals surface area contributed by atoms with Gasteiger partial charge in [0.2, 0.25) is 12.6 Å². The van der Waals surface area contributed by atoms with Gasteiger partial charge in [0.15, 0.2) is 11.5 Å². The summed E-state index contributed by atoms with van der Waals surface area (Å²) >= 11 is 1.31. The van der Waals surface area contributed by atoms with E-state index in [4.69, 9.17) is 9.47 Å². The first-order valence-corrected chi connectivity index (χ1v) is 10.3. The van der Waals surface area contributed by atoms with Gasteiger partial charge >= 0.3 is 12.0 Å². The second kappa shape index (κ2) is 8.92. The number of amides is 2. The van der Waals surface area contributed by atoms with Crippen LogP contribution in [0.1, 0.15) is 27.7 Å². The molecule has 9 nitrogen and oxygen atoms in total. The summed E-state index contributed by atoms with van der Waals surface area (Å²) in [6, 6.07) is 6.29. The molecule has 160 valence electrons. The van der Waals surface area contributed by atoms with E-state index in [1.165, 1.54) is 11.3 Å². The third kappa shape index (κ3) is 4.69. The average molecular weight is 441 g/mol. The number of carbonyl (C=O) groups is 3. The van der Waals surface area contributed by atoms with Crippen LogP contribution >= 0.6 is 11.3 Å². The van der Waals surface area contributed by atoms with Gasteiger partial charge in [0.05, 0.1) is 17.3 Å². The highest BCUT2D eigenvalue weighted by molar-refractivity contribution is 7.12. The van der Waals surface area contributed by atoms with Crippen molar-refractivity contribution in [2.45, 2.75) is 18.5 Å². The molecule has 2 aliphatic rings. The van der Waals surface area contributed by atoms with Crippen molar-refractivity contribution < 1.29 is 29.0 Å². The quantitative estimate of drug-likeness (QED) is 0.487. The van der Waals surface area contributed by atoms with E-state index in [1.807, 2.05) is 0 Å². The van der Waals surface area contributed by atoms with Gasteiger partial charge in [-0.2, -0.15) is 0 Å². The molecule has 0 spiro atoms. The predicted octanol–water partition coefficient (Wildman–Crippen LogP) is 2.54. The lowest BCUT2D eigenvalue weighted by molar-refractivity contribution is -0.137. The number of ketones is 1. The number of allylic oxidation sites excluding steroid dienone is 2. The van der Waals surface area contributed by atoms with Crippen molar-refractivity contribution in [3.8, 4) is 11.5 Å². The van der Waals surface area contributed by atoms with Crippen LogP contribution in [-0.2, 0) is 4.79 Å². The lowest BCUT2D eigenvalue weighted by atomic mass is 10.0. The Kier molecular flexibility index (Phi) is 5.89. The molecular weight excluding hydrogens is 422 g/mol. The van der Waals surface area contributed by atoms with Crippen molar-refractivity contribution in [3.05, 3.63) is 70.2 Å². The minimum absolute atomic E-state index is 0.0879. The molecule has 1 aromatic heterocycles. The summed E-state index contributed by atoms with van der Waals surface area (Å²) in [5, 5.41) is 19.4. The van der Waals surface area contributed by atoms with Gasteiger partial charge in [0, 0.05) is 5.70 Å². The third-order valence-corrected chi connectivity index (χ3v) is 5.60. The van der Waals surface area contributed by atoms with Gasteiger partial charge in [-0.15, -0.1) is 11.3 Å². The van der Waals surface area contributed by atoms with Gasteiger partial charge in [-0.3, -0.25) is 9.59 Å². The Morgan fingerprint density at radius 2 is 2.06 bits per heavy atom. The maximum Gasteiger partial charge on any atom is 0.319 e. The molecule has 0 bridgehead atoms. The van der Waals surface area contributed by atoms with Crippen molar-refractivity contribution in [2.24, 2.45) is 0 Å². The lowest BCUT2D eigenvalue weighted by Gasteiger charge is -2.24. The van der Waals surface area contributed by atoms with E-state index in [9.17, 15) is 19.5 Å². The Labute approximate surface area is 181 Å². The largest absolute Gasteiger partial charge is 0.481 e. The summed E-state index contributed by atoms with van der Waals surface area (Å²) < 4.78 is 10.6. The molecule has 0 fully saturated rings. The molecule has 0 aliphatic carbocycles. The zero-order chi connectivity index (χ0) is 21.8. The standard InChI is InChI=1S/C21H19N3O6S/c25-18(26)10-14(12-5-6-15-16(9-12)30-11-29-15)24-21(28)23-13-3-1-7-22-19(13)20(27)17-4-2-8-31-17/h1-9,14,19,22H,10-11H2,(H,25,26)(H2,23,24,28)/t14-,19?/m0/s1. The predicted molar refractivity (Wildman–Crippen MR) is 112 cm³/mol. The minimum Gasteiger partial charge on any atom is -0.481 e. The smallest absolute Gasteiger partial charge is 0.319 e. The summed E-state index contributed by atoms with van der Waals surface area (Å²) in [4.78, 5) is 37.4. The topological polar surface area (TPSA) is 126 Å². The summed E-state index contributed by atoms with van der Waals surface area (Å²) in [5.74, 6) is -0.206. The van der Waals surface area contributed by atoms with Crippen LogP contribution in [0.25, 0.3) is 0 Å². The number of carboxylic acid groups (broad SMARTS) is 1. The molecule has 0 radical (unpaired) electrons. The fourth-order valence-electron chi connectivity index (χ4n) is 3.26. The number of fused-ring (bicyclic) bond motifs is 1. The SMILES string of the molecule is O=C(O)C[C@H](NC(=O)NC1=CC=CNC1C(=O)c1cccs1)c1ccc2c(c1)OCO2. The van der Waals surface area contributed by atoms with Gasteiger partial charge in [0.1, 0.15) is 6.04 Å². The first-order valence-electron chi connectivity index (χ1n) is 9.40. The number of ether oxygens (including phenoxy) is 2. The summed E-state index contributed by atoms with van der Waals surface area (Å²) in [6.45, 7) is 0.0879. The van der Waals surface area contributed by atoms with E-state index >= 15 is 0 Å². The van der Waals surface area contributed by atoms with E-state index in [1.54, 1.807) is 54.1 Å². The van der Waals surface area contributed by atoms with Crippen molar-refractivity contribution in [3.63, 3.8) is 0 Å². The molecule has 2 atom stereocenters. The van der Waals surface area contributed by atoms with Crippen LogP contribution in [0.2, 0.25) is 0 Å². The van der Waals surface area contributed by atoms with E-state index in [0.717, 1.165) is 0 Å². The molecular formula is C21H19N3O6S. The Morgan fingerprint density at radius 3 is 2.84 bits per heavy atom. The third-order valence-electron chi connectivity index (χ3n) is 4.71. The number of benzene rings is 1. The zero-order valence-corrected chi connectivity index (χ0v) is 17.0. The maximum absolute atomic E-state index is 12.7. The molecule has 10 heteroatoms. The molecule has 4 N–H and O–H groups in total. The van der Waals surface area contributed by atoms with Crippen LogP contribution in [0.15, 0.2) is 59.8 Å². The van der Waals surface area contributed by atoms with Crippen LogP contribution < -0.4 is 25.4 Å². The second-order valence-electron chi connectivity index (χ2n) is 6.78. The fraction of sp³-hybridized carbons (Fsp3) is 0.190. The summed E-state index contributed by atoms with van der Waals surface area (Å²) in [5.41, 5.74) is 0.918. The fourth-order valence-corrected chi connectivity index (χ4v) is 3.96. The number of aliphatic carboxylic acids is 1. The van der Waals surface area contributed by atoms with Crippen molar-refractivity contribution >= 4 is 29.1 Å². The number of carbonyl (C=O) groups excluding carboxylic acids is 2. The number of dihydropyridines is 1. The van der Waals surface area contributed by atoms with E-state index in [-0.39, 0.29) is 19.0 Å². The van der Waals surface area contributed by atoms with Gasteiger partial charge in [0.25, 0.3) is 0 Å². The Hall–Kier alpha value is -3.79. The van der Waals surface area contributed by atoms with Crippen LogP contribution in [0.5, 0.6) is 11.5 Å². The molecule has 2 aromatic rings. The van der Waals surface area contributed by atoms with E-state index in [2.05, 4.69) is 16.0 Å². The number of hydrogen-bond acceptors (Lipinski definition) is 7. The van der Waals surface area contributed by atoms with Crippen LogP contribution in [0.4, 0.5) is 4.79 Å². The molecule has 1 aromatic carbocycles. The monoisotopic (exact) mass is 441 g/mol. The molecule has 2 amide bonds. The van der Waals surface area contributed by atoms with Crippen LogP contribution in [0, 0.1) is 0 Å². The second-order valence-corrected chi connectivity index (χ2v) is 7.73. The number of urea groups is 1. The van der Waals surface area contributed by atoms with Gasteiger partial charge in [-0.1, -0.05) is 12.1 Å². The highest BCUT2D eigenvalue weighted by atomic mass is 32.1. The Morgan fingerprint density at radius 1 is 1.23 bits per heavy atom. The molecule has 4 rings (SSSR count). The van der Waals surface area contributed by atoms with Crippen molar-refractivity contribution in [1.82, 2.24) is 16.0 Å². The van der Waals surface area contributed by atoms with Crippen molar-refractivity contribution in [1.29, 1.82) is 0 Å². The zero-order valence-electron chi connectivity index (χ0n) is 16.2. The Bertz CT molecular complexity index is 1060. The van der Waals surface area contributed by atoms with Crippen molar-refractivity contribution in [2.75, 3.05) is 6.79 Å².